The monoisotopic (exact) mass is 229 g/mol. The van der Waals surface area contributed by atoms with Crippen LogP contribution in [0.25, 0.3) is 0 Å². The molecule has 0 bridgehead atoms. The molecule has 2 heterocycles. The van der Waals surface area contributed by atoms with Gasteiger partial charge in [-0.25, -0.2) is 9.97 Å². The molecule has 0 saturated heterocycles. The van der Waals surface area contributed by atoms with Crippen LogP contribution in [0.15, 0.2) is 30.7 Å². The normalized spacial score (nSPS) is 9.94. The highest BCUT2D eigenvalue weighted by Gasteiger charge is 2.09. The topological polar surface area (TPSA) is 93.8 Å². The summed E-state index contributed by atoms with van der Waals surface area (Å²) in [5.41, 5.74) is 6.61. The molecule has 0 fully saturated rings. The number of hydrogen-bond acceptors (Lipinski definition) is 5. The van der Waals surface area contributed by atoms with Crippen LogP contribution in [0.5, 0.6) is 0 Å². The molecule has 3 N–H and O–H groups in total. The van der Waals surface area contributed by atoms with Crippen molar-refractivity contribution >= 4 is 17.5 Å². The van der Waals surface area contributed by atoms with Gasteiger partial charge in [0.1, 0.15) is 17.3 Å². The number of nitrogens with one attached hydrogen (secondary N) is 1. The molecule has 0 atom stereocenters. The molecule has 86 valence electrons. The van der Waals surface area contributed by atoms with E-state index in [0.717, 1.165) is 5.56 Å². The minimum atomic E-state index is -0.386. The molecule has 2 rings (SSSR count). The summed E-state index contributed by atoms with van der Waals surface area (Å²) >= 11 is 0. The zero-order valence-corrected chi connectivity index (χ0v) is 9.21. The van der Waals surface area contributed by atoms with Gasteiger partial charge in [0.25, 0.3) is 5.91 Å². The molecular formula is C11H11N5O. The Labute approximate surface area is 97.9 Å². The maximum Gasteiger partial charge on any atom is 0.277 e. The second-order valence-electron chi connectivity index (χ2n) is 3.50. The van der Waals surface area contributed by atoms with Gasteiger partial charge in [-0.15, -0.1) is 0 Å². The highest BCUT2D eigenvalue weighted by Crippen LogP contribution is 2.07. The van der Waals surface area contributed by atoms with Crippen molar-refractivity contribution in [3.63, 3.8) is 0 Å². The largest absolute Gasteiger partial charge is 0.382 e. The Balaban J connectivity index is 2.17. The van der Waals surface area contributed by atoms with Crippen molar-refractivity contribution in [1.29, 1.82) is 0 Å². The molecule has 6 heteroatoms. The van der Waals surface area contributed by atoms with E-state index in [9.17, 15) is 4.79 Å². The first kappa shape index (κ1) is 11.0. The lowest BCUT2D eigenvalue weighted by Crippen LogP contribution is -2.15. The van der Waals surface area contributed by atoms with Gasteiger partial charge in [-0.3, -0.25) is 9.78 Å². The third-order valence-corrected chi connectivity index (χ3v) is 2.04. The lowest BCUT2D eigenvalue weighted by Gasteiger charge is -2.04. The molecule has 2 aromatic rings. The molecular weight excluding hydrogens is 218 g/mol. The fraction of sp³-hybridized carbons (Fsp3) is 0.0909. The van der Waals surface area contributed by atoms with Crippen LogP contribution in [0.3, 0.4) is 0 Å². The minimum Gasteiger partial charge on any atom is -0.382 e. The second kappa shape index (κ2) is 4.56. The Bertz CT molecular complexity index is 555. The number of carbonyl (C=O) groups is 1. The first-order valence-electron chi connectivity index (χ1n) is 4.96. The predicted octanol–water partition coefficient (Wildman–Crippen LogP) is 1.01. The van der Waals surface area contributed by atoms with Gasteiger partial charge in [-0.05, 0) is 24.6 Å². The maximum absolute atomic E-state index is 11.8. The molecule has 0 unspecified atom stereocenters. The molecule has 2 aromatic heterocycles. The lowest BCUT2D eigenvalue weighted by atomic mass is 10.3. The number of rotatable bonds is 2. The van der Waals surface area contributed by atoms with Gasteiger partial charge in [0.2, 0.25) is 0 Å². The van der Waals surface area contributed by atoms with Crippen LogP contribution < -0.4 is 11.1 Å². The van der Waals surface area contributed by atoms with Gasteiger partial charge in [0.15, 0.2) is 0 Å². The summed E-state index contributed by atoms with van der Waals surface area (Å²) in [4.78, 5) is 23.4. The number of carbonyl (C=O) groups excluding carboxylic acids is 1. The summed E-state index contributed by atoms with van der Waals surface area (Å²) in [5.74, 6) is 0.289. The lowest BCUT2D eigenvalue weighted by molar-refractivity contribution is 0.102. The molecule has 0 radical (unpaired) electrons. The van der Waals surface area contributed by atoms with Crippen molar-refractivity contribution < 1.29 is 4.79 Å². The zero-order valence-electron chi connectivity index (χ0n) is 9.21. The molecule has 1 amide bonds. The Morgan fingerprint density at radius 3 is 2.94 bits per heavy atom. The Hall–Kier alpha value is -2.50. The van der Waals surface area contributed by atoms with Gasteiger partial charge in [0, 0.05) is 6.20 Å². The van der Waals surface area contributed by atoms with Crippen LogP contribution in [-0.2, 0) is 0 Å². The molecule has 0 spiro atoms. The van der Waals surface area contributed by atoms with Gasteiger partial charge >= 0.3 is 0 Å². The summed E-state index contributed by atoms with van der Waals surface area (Å²) in [6, 6.07) is 3.60. The van der Waals surface area contributed by atoms with Crippen LogP contribution in [0.2, 0.25) is 0 Å². The van der Waals surface area contributed by atoms with Crippen molar-refractivity contribution in [2.75, 3.05) is 11.1 Å². The van der Waals surface area contributed by atoms with Crippen LogP contribution in [0.4, 0.5) is 11.6 Å². The SMILES string of the molecule is Cc1ccnc(NC(=O)c2cncc(N)n2)c1. The van der Waals surface area contributed by atoms with E-state index in [2.05, 4.69) is 20.3 Å². The average Bonchev–Trinajstić information content (AvgIpc) is 2.29. The minimum absolute atomic E-state index is 0.160. The number of nitrogen functional groups attached to an aromatic ring is 1. The molecule has 6 nitrogen and oxygen atoms in total. The molecule has 17 heavy (non-hydrogen) atoms. The number of aromatic nitrogens is 3. The molecule has 0 aliphatic rings. The summed E-state index contributed by atoms with van der Waals surface area (Å²) in [6.07, 6.45) is 4.35. The van der Waals surface area contributed by atoms with Crippen LogP contribution >= 0.6 is 0 Å². The molecule has 0 aliphatic carbocycles. The number of nitrogens with zero attached hydrogens (tertiary/aromatic N) is 3. The first-order chi connectivity index (χ1) is 8.15. The van der Waals surface area contributed by atoms with Gasteiger partial charge in [-0.2, -0.15) is 0 Å². The molecule has 0 aliphatic heterocycles. The van der Waals surface area contributed by atoms with E-state index in [0.29, 0.717) is 5.82 Å². The number of pyridine rings is 1. The van der Waals surface area contributed by atoms with Crippen LogP contribution in [0.1, 0.15) is 16.1 Å². The highest BCUT2D eigenvalue weighted by atomic mass is 16.1. The summed E-state index contributed by atoms with van der Waals surface area (Å²) in [7, 11) is 0. The number of anilines is 2. The van der Waals surface area contributed by atoms with Crippen LogP contribution in [-0.4, -0.2) is 20.9 Å². The third kappa shape index (κ3) is 2.75. The molecule has 0 saturated carbocycles. The highest BCUT2D eigenvalue weighted by molar-refractivity contribution is 6.02. The Morgan fingerprint density at radius 1 is 1.41 bits per heavy atom. The second-order valence-corrected chi connectivity index (χ2v) is 3.50. The van der Waals surface area contributed by atoms with E-state index in [1.165, 1.54) is 12.4 Å². The third-order valence-electron chi connectivity index (χ3n) is 2.04. The van der Waals surface area contributed by atoms with Crippen molar-refractivity contribution in [3.05, 3.63) is 42.0 Å². The van der Waals surface area contributed by atoms with Crippen LogP contribution in [0, 0.1) is 6.92 Å². The summed E-state index contributed by atoms with van der Waals surface area (Å²) in [5, 5.41) is 2.62. The fourth-order valence-electron chi connectivity index (χ4n) is 1.28. The number of hydrogen-bond donors (Lipinski definition) is 2. The number of amides is 1. The van der Waals surface area contributed by atoms with Crippen molar-refractivity contribution in [2.24, 2.45) is 0 Å². The van der Waals surface area contributed by atoms with Gasteiger partial charge in [-0.1, -0.05) is 0 Å². The van der Waals surface area contributed by atoms with E-state index in [4.69, 9.17) is 5.73 Å². The van der Waals surface area contributed by atoms with Crippen molar-refractivity contribution in [3.8, 4) is 0 Å². The van der Waals surface area contributed by atoms with E-state index >= 15 is 0 Å². The first-order valence-corrected chi connectivity index (χ1v) is 4.96. The fourth-order valence-corrected chi connectivity index (χ4v) is 1.28. The predicted molar refractivity (Wildman–Crippen MR) is 63.4 cm³/mol. The summed E-state index contributed by atoms with van der Waals surface area (Å²) in [6.45, 7) is 1.91. The Morgan fingerprint density at radius 2 is 2.24 bits per heavy atom. The quantitative estimate of drug-likeness (QED) is 0.801. The van der Waals surface area contributed by atoms with Crippen molar-refractivity contribution in [2.45, 2.75) is 6.92 Å². The van der Waals surface area contributed by atoms with E-state index < -0.39 is 0 Å². The van der Waals surface area contributed by atoms with Crippen molar-refractivity contribution in [1.82, 2.24) is 15.0 Å². The van der Waals surface area contributed by atoms with Gasteiger partial charge in [0.05, 0.1) is 12.4 Å². The number of aryl methyl sites for hydroxylation is 1. The standard InChI is InChI=1S/C11H11N5O/c1-7-2-3-14-10(4-7)16-11(17)8-5-13-6-9(12)15-8/h2-6H,1H3,(H2,12,15)(H,14,16,17). The smallest absolute Gasteiger partial charge is 0.277 e. The van der Waals surface area contributed by atoms with E-state index in [-0.39, 0.29) is 17.4 Å². The average molecular weight is 229 g/mol. The zero-order chi connectivity index (χ0) is 12.3. The molecule has 0 aromatic carbocycles. The van der Waals surface area contributed by atoms with E-state index in [1.54, 1.807) is 12.3 Å². The van der Waals surface area contributed by atoms with Gasteiger partial charge < -0.3 is 11.1 Å². The maximum atomic E-state index is 11.8. The Kier molecular flexibility index (Phi) is 2.95. The van der Waals surface area contributed by atoms with E-state index in [1.807, 2.05) is 13.0 Å². The summed E-state index contributed by atoms with van der Waals surface area (Å²) < 4.78 is 0. The number of nitrogens with two attached hydrogens (primary N) is 1.